The molecule has 1 fully saturated rings. The van der Waals surface area contributed by atoms with Gasteiger partial charge in [0.15, 0.2) is 0 Å². The predicted molar refractivity (Wildman–Crippen MR) is 76.1 cm³/mol. The number of hydrogen-bond acceptors (Lipinski definition) is 3. The van der Waals surface area contributed by atoms with Crippen LogP contribution in [0.3, 0.4) is 0 Å². The summed E-state index contributed by atoms with van der Waals surface area (Å²) in [5.74, 6) is -0.517. The van der Waals surface area contributed by atoms with Gasteiger partial charge in [-0.05, 0) is 36.5 Å². The highest BCUT2D eigenvalue weighted by Gasteiger charge is 2.26. The van der Waals surface area contributed by atoms with Gasteiger partial charge in [-0.3, -0.25) is 4.79 Å². The molecule has 0 bridgehead atoms. The molecule has 1 aliphatic rings. The normalized spacial score (nSPS) is 17.7. The molecule has 5 heteroatoms. The van der Waals surface area contributed by atoms with E-state index in [-0.39, 0.29) is 23.7 Å². The number of rotatable bonds is 5. The number of carbonyl (C=O) groups excluding carboxylic acids is 1. The van der Waals surface area contributed by atoms with E-state index < -0.39 is 0 Å². The van der Waals surface area contributed by atoms with Gasteiger partial charge in [0.2, 0.25) is 5.91 Å². The van der Waals surface area contributed by atoms with Crippen LogP contribution in [0, 0.1) is 11.2 Å². The van der Waals surface area contributed by atoms with Crippen LogP contribution in [0.25, 0.3) is 0 Å². The first-order valence-electron chi connectivity index (χ1n) is 6.91. The fourth-order valence-corrected chi connectivity index (χ4v) is 2.29. The topological polar surface area (TPSA) is 50.4 Å². The molecule has 2 N–H and O–H groups in total. The van der Waals surface area contributed by atoms with Crippen molar-refractivity contribution in [1.29, 1.82) is 0 Å². The minimum Gasteiger partial charge on any atom is -0.381 e. The molecule has 1 aromatic rings. The summed E-state index contributed by atoms with van der Waals surface area (Å²) in [4.78, 5) is 11.7. The monoisotopic (exact) mass is 280 g/mol. The number of anilines is 1. The van der Waals surface area contributed by atoms with Crippen LogP contribution in [0.15, 0.2) is 24.3 Å². The van der Waals surface area contributed by atoms with Crippen molar-refractivity contribution in [2.24, 2.45) is 5.41 Å². The second kappa shape index (κ2) is 6.81. The Bertz CT molecular complexity index is 459. The van der Waals surface area contributed by atoms with E-state index >= 15 is 0 Å². The van der Waals surface area contributed by atoms with E-state index in [1.807, 2.05) is 0 Å². The average Bonchev–Trinajstić information content (AvgIpc) is 2.39. The van der Waals surface area contributed by atoms with Gasteiger partial charge in [-0.15, -0.1) is 0 Å². The Labute approximate surface area is 118 Å². The molecule has 1 amide bonds. The molecule has 0 saturated carbocycles. The Morgan fingerprint density at radius 1 is 1.40 bits per heavy atom. The first-order valence-corrected chi connectivity index (χ1v) is 6.91. The van der Waals surface area contributed by atoms with Gasteiger partial charge >= 0.3 is 0 Å². The van der Waals surface area contributed by atoms with Crippen LogP contribution < -0.4 is 10.6 Å². The van der Waals surface area contributed by atoms with E-state index in [1.165, 1.54) is 12.1 Å². The van der Waals surface area contributed by atoms with Crippen molar-refractivity contribution in [1.82, 2.24) is 5.32 Å². The Morgan fingerprint density at radius 2 is 2.15 bits per heavy atom. The van der Waals surface area contributed by atoms with Gasteiger partial charge in [0.25, 0.3) is 0 Å². The Hall–Kier alpha value is -1.46. The largest absolute Gasteiger partial charge is 0.381 e. The molecule has 110 valence electrons. The van der Waals surface area contributed by atoms with Gasteiger partial charge in [-0.25, -0.2) is 4.39 Å². The summed E-state index contributed by atoms with van der Waals surface area (Å²) in [6.45, 7) is 4.79. The van der Waals surface area contributed by atoms with Gasteiger partial charge < -0.3 is 15.4 Å². The molecule has 0 unspecified atom stereocenters. The van der Waals surface area contributed by atoms with Crippen LogP contribution >= 0.6 is 0 Å². The van der Waals surface area contributed by atoms with Gasteiger partial charge in [0, 0.05) is 25.4 Å². The standard InChI is InChI=1S/C15H21FN2O2/c1-15(5-7-20-8-6-15)11-17-10-14(19)18-13-4-2-3-12(16)9-13/h2-4,9,17H,5-8,10-11H2,1H3,(H,18,19). The fraction of sp³-hybridized carbons (Fsp3) is 0.533. The Kier molecular flexibility index (Phi) is 5.09. The zero-order valence-corrected chi connectivity index (χ0v) is 11.7. The predicted octanol–water partition coefficient (Wildman–Crippen LogP) is 2.17. The lowest BCUT2D eigenvalue weighted by Gasteiger charge is -2.33. The maximum absolute atomic E-state index is 13.0. The van der Waals surface area contributed by atoms with E-state index in [0.717, 1.165) is 32.6 Å². The smallest absolute Gasteiger partial charge is 0.238 e. The number of hydrogen-bond donors (Lipinski definition) is 2. The van der Waals surface area contributed by atoms with Gasteiger partial charge in [0.05, 0.1) is 6.54 Å². The Morgan fingerprint density at radius 3 is 2.85 bits per heavy atom. The molecule has 1 saturated heterocycles. The molecular weight excluding hydrogens is 259 g/mol. The number of amides is 1. The molecule has 4 nitrogen and oxygen atoms in total. The maximum Gasteiger partial charge on any atom is 0.238 e. The minimum atomic E-state index is -0.356. The number of ether oxygens (including phenoxy) is 1. The van der Waals surface area contributed by atoms with Crippen molar-refractivity contribution in [3.8, 4) is 0 Å². The average molecular weight is 280 g/mol. The van der Waals surface area contributed by atoms with Crippen molar-refractivity contribution in [3.05, 3.63) is 30.1 Å². The van der Waals surface area contributed by atoms with E-state index in [4.69, 9.17) is 4.74 Å². The lowest BCUT2D eigenvalue weighted by Crippen LogP contribution is -2.39. The van der Waals surface area contributed by atoms with Crippen molar-refractivity contribution < 1.29 is 13.9 Å². The third-order valence-corrected chi connectivity index (χ3v) is 3.65. The summed E-state index contributed by atoms with van der Waals surface area (Å²) in [5.41, 5.74) is 0.672. The molecule has 0 aromatic heterocycles. The summed E-state index contributed by atoms with van der Waals surface area (Å²) in [6, 6.07) is 5.89. The first kappa shape index (κ1) is 14.9. The first-order chi connectivity index (χ1) is 9.57. The summed E-state index contributed by atoms with van der Waals surface area (Å²) >= 11 is 0. The van der Waals surface area contributed by atoms with Crippen LogP contribution in [-0.4, -0.2) is 32.2 Å². The van der Waals surface area contributed by atoms with E-state index in [1.54, 1.807) is 12.1 Å². The molecule has 1 aromatic carbocycles. The lowest BCUT2D eigenvalue weighted by molar-refractivity contribution is -0.115. The number of nitrogens with one attached hydrogen (secondary N) is 2. The third kappa shape index (κ3) is 4.58. The van der Waals surface area contributed by atoms with Crippen molar-refractivity contribution in [3.63, 3.8) is 0 Å². The summed E-state index contributed by atoms with van der Waals surface area (Å²) in [6.07, 6.45) is 2.01. The third-order valence-electron chi connectivity index (χ3n) is 3.65. The highest BCUT2D eigenvalue weighted by atomic mass is 19.1. The maximum atomic E-state index is 13.0. The number of halogens is 1. The molecule has 20 heavy (non-hydrogen) atoms. The van der Waals surface area contributed by atoms with Gasteiger partial charge in [0.1, 0.15) is 5.82 Å². The highest BCUT2D eigenvalue weighted by Crippen LogP contribution is 2.28. The van der Waals surface area contributed by atoms with E-state index in [0.29, 0.717) is 5.69 Å². The van der Waals surface area contributed by atoms with Gasteiger partial charge in [-0.1, -0.05) is 13.0 Å². The molecular formula is C15H21FN2O2. The van der Waals surface area contributed by atoms with E-state index in [9.17, 15) is 9.18 Å². The molecule has 0 aliphatic carbocycles. The summed E-state index contributed by atoms with van der Waals surface area (Å²) < 4.78 is 18.3. The summed E-state index contributed by atoms with van der Waals surface area (Å²) in [7, 11) is 0. The minimum absolute atomic E-state index is 0.161. The highest BCUT2D eigenvalue weighted by molar-refractivity contribution is 5.92. The van der Waals surface area contributed by atoms with Gasteiger partial charge in [-0.2, -0.15) is 0 Å². The van der Waals surface area contributed by atoms with Crippen molar-refractivity contribution in [2.75, 3.05) is 31.6 Å². The second-order valence-corrected chi connectivity index (χ2v) is 5.59. The molecule has 1 aliphatic heterocycles. The van der Waals surface area contributed by atoms with Crippen LogP contribution in [-0.2, 0) is 9.53 Å². The molecule has 0 atom stereocenters. The molecule has 2 rings (SSSR count). The summed E-state index contributed by atoms with van der Waals surface area (Å²) in [5, 5.41) is 5.84. The van der Waals surface area contributed by atoms with Crippen LogP contribution in [0.4, 0.5) is 10.1 Å². The quantitative estimate of drug-likeness (QED) is 0.869. The zero-order chi connectivity index (χ0) is 14.4. The fourth-order valence-electron chi connectivity index (χ4n) is 2.29. The van der Waals surface area contributed by atoms with Crippen LogP contribution in [0.2, 0.25) is 0 Å². The number of benzene rings is 1. The Balaban J connectivity index is 1.72. The van der Waals surface area contributed by atoms with E-state index in [2.05, 4.69) is 17.6 Å². The van der Waals surface area contributed by atoms with Crippen LogP contribution in [0.1, 0.15) is 19.8 Å². The molecule has 1 heterocycles. The van der Waals surface area contributed by atoms with Crippen molar-refractivity contribution in [2.45, 2.75) is 19.8 Å². The van der Waals surface area contributed by atoms with Crippen molar-refractivity contribution >= 4 is 11.6 Å². The molecule has 0 radical (unpaired) electrons. The number of carbonyl (C=O) groups is 1. The second-order valence-electron chi connectivity index (χ2n) is 5.59. The SMILES string of the molecule is CC1(CNCC(=O)Nc2cccc(F)c2)CCOCC1. The zero-order valence-electron chi connectivity index (χ0n) is 11.7. The van der Waals surface area contributed by atoms with Crippen LogP contribution in [0.5, 0.6) is 0 Å². The molecule has 0 spiro atoms. The lowest BCUT2D eigenvalue weighted by atomic mass is 9.82.